The first-order chi connectivity index (χ1) is 10.1. The zero-order chi connectivity index (χ0) is 15.4. The highest BCUT2D eigenvalue weighted by molar-refractivity contribution is 5.95. The normalized spacial score (nSPS) is 10.4. The number of hydrogen-bond donors (Lipinski definition) is 1. The lowest BCUT2D eigenvalue weighted by Crippen LogP contribution is -2.13. The van der Waals surface area contributed by atoms with Gasteiger partial charge >= 0.3 is 5.97 Å². The molecule has 1 aromatic heterocycles. The molecule has 1 heterocycles. The molecule has 2 aromatic rings. The van der Waals surface area contributed by atoms with Crippen molar-refractivity contribution in [3.63, 3.8) is 0 Å². The van der Waals surface area contributed by atoms with Gasteiger partial charge in [0.05, 0.1) is 12.3 Å². The molecule has 2 N–H and O–H groups in total. The van der Waals surface area contributed by atoms with E-state index in [-0.39, 0.29) is 18.0 Å². The standard InChI is InChI=1S/C16H19N3O2/c1-4-11-6-8-12(9-7-11)15-18-10(3)13(14(17)19-15)16(20)21-5-2/h6-9H,4-5H2,1-3H3,(H2,17,18,19). The van der Waals surface area contributed by atoms with E-state index in [0.29, 0.717) is 11.5 Å². The van der Waals surface area contributed by atoms with Crippen molar-refractivity contribution in [3.8, 4) is 11.4 Å². The van der Waals surface area contributed by atoms with E-state index in [2.05, 4.69) is 16.9 Å². The van der Waals surface area contributed by atoms with Crippen LogP contribution in [0, 0.1) is 6.92 Å². The molecule has 0 aliphatic rings. The molecule has 0 fully saturated rings. The number of aryl methyl sites for hydroxylation is 2. The lowest BCUT2D eigenvalue weighted by atomic mass is 10.1. The Labute approximate surface area is 124 Å². The predicted octanol–water partition coefficient (Wildman–Crippen LogP) is 2.77. The van der Waals surface area contributed by atoms with Gasteiger partial charge in [-0.25, -0.2) is 14.8 Å². The fourth-order valence-electron chi connectivity index (χ4n) is 2.07. The largest absolute Gasteiger partial charge is 0.462 e. The topological polar surface area (TPSA) is 78.1 Å². The van der Waals surface area contributed by atoms with Crippen LogP contribution in [-0.2, 0) is 11.2 Å². The molecule has 0 unspecified atom stereocenters. The third kappa shape index (κ3) is 3.18. The Morgan fingerprint density at radius 3 is 2.38 bits per heavy atom. The van der Waals surface area contributed by atoms with Gasteiger partial charge in [0.25, 0.3) is 0 Å². The predicted molar refractivity (Wildman–Crippen MR) is 82.0 cm³/mol. The smallest absolute Gasteiger partial charge is 0.343 e. The van der Waals surface area contributed by atoms with Gasteiger partial charge in [-0.05, 0) is 25.8 Å². The molecule has 0 spiro atoms. The molecule has 21 heavy (non-hydrogen) atoms. The zero-order valence-corrected chi connectivity index (χ0v) is 12.5. The maximum absolute atomic E-state index is 11.8. The molecule has 0 radical (unpaired) electrons. The molecule has 0 atom stereocenters. The number of hydrogen-bond acceptors (Lipinski definition) is 5. The molecular formula is C16H19N3O2. The number of nitrogens with two attached hydrogens (primary N) is 1. The number of ether oxygens (including phenoxy) is 1. The van der Waals surface area contributed by atoms with Crippen LogP contribution in [0.1, 0.15) is 35.5 Å². The SMILES string of the molecule is CCOC(=O)c1c(C)nc(-c2ccc(CC)cc2)nc1N. The van der Waals surface area contributed by atoms with Gasteiger partial charge in [-0.2, -0.15) is 0 Å². The lowest BCUT2D eigenvalue weighted by molar-refractivity contribution is 0.0526. The highest BCUT2D eigenvalue weighted by Crippen LogP contribution is 2.21. The van der Waals surface area contributed by atoms with E-state index in [1.54, 1.807) is 13.8 Å². The molecule has 5 heteroatoms. The first-order valence-electron chi connectivity index (χ1n) is 6.97. The number of esters is 1. The summed E-state index contributed by atoms with van der Waals surface area (Å²) in [7, 11) is 0. The minimum absolute atomic E-state index is 0.149. The minimum Gasteiger partial charge on any atom is -0.462 e. The Kier molecular flexibility index (Phi) is 4.52. The van der Waals surface area contributed by atoms with Crippen molar-refractivity contribution in [2.75, 3.05) is 12.3 Å². The second-order valence-corrected chi connectivity index (χ2v) is 4.66. The van der Waals surface area contributed by atoms with Gasteiger partial charge in [0.1, 0.15) is 11.4 Å². The van der Waals surface area contributed by atoms with Gasteiger partial charge in [-0.15, -0.1) is 0 Å². The summed E-state index contributed by atoms with van der Waals surface area (Å²) in [6.45, 7) is 5.86. The van der Waals surface area contributed by atoms with Gasteiger partial charge in [0, 0.05) is 5.56 Å². The molecule has 0 amide bonds. The fourth-order valence-corrected chi connectivity index (χ4v) is 2.07. The van der Waals surface area contributed by atoms with E-state index in [1.165, 1.54) is 5.56 Å². The maximum atomic E-state index is 11.8. The van der Waals surface area contributed by atoms with Crippen molar-refractivity contribution in [1.82, 2.24) is 9.97 Å². The van der Waals surface area contributed by atoms with Gasteiger partial charge in [-0.3, -0.25) is 0 Å². The van der Waals surface area contributed by atoms with Crippen molar-refractivity contribution >= 4 is 11.8 Å². The highest BCUT2D eigenvalue weighted by Gasteiger charge is 2.18. The Balaban J connectivity index is 2.41. The Bertz CT molecular complexity index is 628. The molecular weight excluding hydrogens is 266 g/mol. The first-order valence-corrected chi connectivity index (χ1v) is 6.97. The average Bonchev–Trinajstić information content (AvgIpc) is 2.47. The summed E-state index contributed by atoms with van der Waals surface area (Å²) in [6.07, 6.45) is 0.976. The van der Waals surface area contributed by atoms with Crippen molar-refractivity contribution in [1.29, 1.82) is 0 Å². The number of nitrogen functional groups attached to an aromatic ring is 1. The summed E-state index contributed by atoms with van der Waals surface area (Å²) in [5.41, 5.74) is 8.77. The van der Waals surface area contributed by atoms with Crippen LogP contribution in [0.2, 0.25) is 0 Å². The van der Waals surface area contributed by atoms with Crippen LogP contribution >= 0.6 is 0 Å². The van der Waals surface area contributed by atoms with Crippen molar-refractivity contribution < 1.29 is 9.53 Å². The van der Waals surface area contributed by atoms with Crippen LogP contribution in [-0.4, -0.2) is 22.5 Å². The minimum atomic E-state index is -0.486. The van der Waals surface area contributed by atoms with Gasteiger partial charge in [0.2, 0.25) is 0 Å². The Morgan fingerprint density at radius 2 is 1.86 bits per heavy atom. The van der Waals surface area contributed by atoms with Crippen LogP contribution in [0.5, 0.6) is 0 Å². The molecule has 0 aliphatic heterocycles. The number of benzene rings is 1. The third-order valence-corrected chi connectivity index (χ3v) is 3.22. The Morgan fingerprint density at radius 1 is 1.19 bits per heavy atom. The average molecular weight is 285 g/mol. The number of anilines is 1. The van der Waals surface area contributed by atoms with Gasteiger partial charge < -0.3 is 10.5 Å². The van der Waals surface area contributed by atoms with Crippen molar-refractivity contribution in [2.45, 2.75) is 27.2 Å². The van der Waals surface area contributed by atoms with Crippen LogP contribution in [0.3, 0.4) is 0 Å². The zero-order valence-electron chi connectivity index (χ0n) is 12.5. The summed E-state index contributed by atoms with van der Waals surface area (Å²) in [5, 5.41) is 0. The van der Waals surface area contributed by atoms with E-state index in [9.17, 15) is 4.79 Å². The third-order valence-electron chi connectivity index (χ3n) is 3.22. The maximum Gasteiger partial charge on any atom is 0.343 e. The summed E-state index contributed by atoms with van der Waals surface area (Å²) in [6, 6.07) is 7.97. The van der Waals surface area contributed by atoms with E-state index in [0.717, 1.165) is 12.0 Å². The van der Waals surface area contributed by atoms with E-state index in [4.69, 9.17) is 10.5 Å². The van der Waals surface area contributed by atoms with Crippen LogP contribution in [0.25, 0.3) is 11.4 Å². The van der Waals surface area contributed by atoms with Gasteiger partial charge in [-0.1, -0.05) is 31.2 Å². The second kappa shape index (κ2) is 6.35. The van der Waals surface area contributed by atoms with Crippen molar-refractivity contribution in [2.24, 2.45) is 0 Å². The molecule has 0 aliphatic carbocycles. The van der Waals surface area contributed by atoms with Gasteiger partial charge in [0.15, 0.2) is 5.82 Å². The molecule has 0 bridgehead atoms. The first kappa shape index (κ1) is 15.0. The summed E-state index contributed by atoms with van der Waals surface area (Å²) in [5.74, 6) is 0.177. The Hall–Kier alpha value is -2.43. The highest BCUT2D eigenvalue weighted by atomic mass is 16.5. The number of carbonyl (C=O) groups is 1. The molecule has 2 rings (SSSR count). The van der Waals surface area contributed by atoms with Crippen molar-refractivity contribution in [3.05, 3.63) is 41.1 Å². The summed E-state index contributed by atoms with van der Waals surface area (Å²) < 4.78 is 4.97. The molecule has 0 saturated carbocycles. The molecule has 0 saturated heterocycles. The monoisotopic (exact) mass is 285 g/mol. The number of aromatic nitrogens is 2. The quantitative estimate of drug-likeness (QED) is 0.874. The fraction of sp³-hybridized carbons (Fsp3) is 0.312. The van der Waals surface area contributed by atoms with Crippen LogP contribution in [0.15, 0.2) is 24.3 Å². The number of nitrogens with zero attached hydrogens (tertiary/aromatic N) is 2. The number of carbonyl (C=O) groups excluding carboxylic acids is 1. The van der Waals surface area contributed by atoms with E-state index >= 15 is 0 Å². The molecule has 5 nitrogen and oxygen atoms in total. The summed E-state index contributed by atoms with van der Waals surface area (Å²) >= 11 is 0. The summed E-state index contributed by atoms with van der Waals surface area (Å²) in [4.78, 5) is 20.4. The van der Waals surface area contributed by atoms with E-state index < -0.39 is 5.97 Å². The second-order valence-electron chi connectivity index (χ2n) is 4.66. The molecule has 110 valence electrons. The molecule has 1 aromatic carbocycles. The van der Waals surface area contributed by atoms with E-state index in [1.807, 2.05) is 24.3 Å². The van der Waals surface area contributed by atoms with Crippen LogP contribution < -0.4 is 5.73 Å². The number of rotatable bonds is 4. The lowest BCUT2D eigenvalue weighted by Gasteiger charge is -2.10. The van der Waals surface area contributed by atoms with Crippen LogP contribution in [0.4, 0.5) is 5.82 Å².